The van der Waals surface area contributed by atoms with Gasteiger partial charge in [-0.2, -0.15) is 0 Å². The lowest BCUT2D eigenvalue weighted by molar-refractivity contribution is -0.122. The van der Waals surface area contributed by atoms with Gasteiger partial charge in [0.25, 0.3) is 0 Å². The molecule has 1 amide bonds. The van der Waals surface area contributed by atoms with E-state index in [2.05, 4.69) is 21.1 Å². The van der Waals surface area contributed by atoms with Crippen molar-refractivity contribution in [2.45, 2.75) is 51.1 Å². The third kappa shape index (κ3) is 6.21. The zero-order valence-electron chi connectivity index (χ0n) is 12.4. The molecular formula is C13H27N5O2. The number of nitrogens with zero attached hydrogens (tertiary/aromatic N) is 1. The van der Waals surface area contributed by atoms with Crippen molar-refractivity contribution < 1.29 is 9.53 Å². The van der Waals surface area contributed by atoms with Gasteiger partial charge in [-0.3, -0.25) is 10.2 Å². The van der Waals surface area contributed by atoms with Crippen molar-refractivity contribution in [3.8, 4) is 0 Å². The molecule has 0 radical (unpaired) electrons. The van der Waals surface area contributed by atoms with Crippen LogP contribution in [0.15, 0.2) is 4.99 Å². The van der Waals surface area contributed by atoms with E-state index in [4.69, 9.17) is 10.6 Å². The lowest BCUT2D eigenvalue weighted by Gasteiger charge is -2.21. The number of nitrogens with one attached hydrogen (secondary N) is 3. The van der Waals surface area contributed by atoms with Crippen molar-refractivity contribution in [3.05, 3.63) is 0 Å². The molecule has 1 aliphatic carbocycles. The highest BCUT2D eigenvalue weighted by Gasteiger charge is 2.16. The van der Waals surface area contributed by atoms with Crippen molar-refractivity contribution in [1.29, 1.82) is 0 Å². The van der Waals surface area contributed by atoms with E-state index >= 15 is 0 Å². The summed E-state index contributed by atoms with van der Waals surface area (Å²) < 4.78 is 4.88. The molecular weight excluding hydrogens is 258 g/mol. The van der Waals surface area contributed by atoms with E-state index in [1.807, 2.05) is 0 Å². The third-order valence-electron chi connectivity index (χ3n) is 3.38. The minimum atomic E-state index is -0.398. The van der Waals surface area contributed by atoms with Crippen LogP contribution in [-0.4, -0.2) is 44.2 Å². The highest BCUT2D eigenvalue weighted by Crippen LogP contribution is 2.19. The van der Waals surface area contributed by atoms with Crippen LogP contribution in [-0.2, 0) is 9.53 Å². The number of hydrazine groups is 1. The summed E-state index contributed by atoms with van der Waals surface area (Å²) in [6.45, 7) is 2.76. The summed E-state index contributed by atoms with van der Waals surface area (Å²) in [4.78, 5) is 16.3. The topological polar surface area (TPSA) is 101 Å². The monoisotopic (exact) mass is 285 g/mol. The van der Waals surface area contributed by atoms with Gasteiger partial charge in [0.05, 0.1) is 12.6 Å². The van der Waals surface area contributed by atoms with E-state index in [0.29, 0.717) is 25.2 Å². The van der Waals surface area contributed by atoms with Gasteiger partial charge in [-0.15, -0.1) is 0 Å². The second-order valence-electron chi connectivity index (χ2n) is 5.06. The van der Waals surface area contributed by atoms with Gasteiger partial charge >= 0.3 is 0 Å². The zero-order valence-corrected chi connectivity index (χ0v) is 12.4. The first-order valence-electron chi connectivity index (χ1n) is 7.25. The van der Waals surface area contributed by atoms with Gasteiger partial charge in [-0.25, -0.2) is 10.8 Å². The number of nitrogens with two attached hydrogens (primary N) is 1. The average molecular weight is 285 g/mol. The maximum atomic E-state index is 11.8. The molecule has 0 saturated heterocycles. The first kappa shape index (κ1) is 16.7. The number of amides is 1. The maximum Gasteiger partial charge on any atom is 0.242 e. The van der Waals surface area contributed by atoms with E-state index in [0.717, 1.165) is 12.8 Å². The summed E-state index contributed by atoms with van der Waals surface area (Å²) in [5.41, 5.74) is 2.54. The first-order valence-corrected chi connectivity index (χ1v) is 7.25. The van der Waals surface area contributed by atoms with Crippen LogP contribution in [0.25, 0.3) is 0 Å². The Morgan fingerprint density at radius 1 is 1.40 bits per heavy atom. The zero-order chi connectivity index (χ0) is 14.8. The number of rotatable bonds is 6. The second kappa shape index (κ2) is 9.55. The van der Waals surface area contributed by atoms with Crippen LogP contribution in [0.3, 0.4) is 0 Å². The molecule has 0 spiro atoms. The van der Waals surface area contributed by atoms with E-state index < -0.39 is 6.04 Å². The fourth-order valence-electron chi connectivity index (χ4n) is 2.21. The molecule has 1 atom stereocenters. The summed E-state index contributed by atoms with van der Waals surface area (Å²) in [5, 5.41) is 5.77. The molecule has 0 bridgehead atoms. The van der Waals surface area contributed by atoms with Crippen molar-refractivity contribution in [2.75, 3.05) is 20.3 Å². The second-order valence-corrected chi connectivity index (χ2v) is 5.06. The average Bonchev–Trinajstić information content (AvgIpc) is 2.47. The molecule has 1 rings (SSSR count). The molecule has 116 valence electrons. The maximum absolute atomic E-state index is 11.8. The quantitative estimate of drug-likeness (QED) is 0.179. The Kier molecular flexibility index (Phi) is 7.98. The Bertz CT molecular complexity index is 316. The van der Waals surface area contributed by atoms with E-state index in [9.17, 15) is 4.79 Å². The molecule has 0 heterocycles. The molecule has 1 saturated carbocycles. The first-order chi connectivity index (χ1) is 9.67. The van der Waals surface area contributed by atoms with Crippen LogP contribution in [0.5, 0.6) is 0 Å². The van der Waals surface area contributed by atoms with Crippen LogP contribution in [0, 0.1) is 0 Å². The fourth-order valence-corrected chi connectivity index (χ4v) is 2.21. The van der Waals surface area contributed by atoms with Gasteiger partial charge in [0, 0.05) is 13.7 Å². The Morgan fingerprint density at radius 3 is 2.70 bits per heavy atom. The van der Waals surface area contributed by atoms with Crippen molar-refractivity contribution >= 4 is 11.9 Å². The highest BCUT2D eigenvalue weighted by molar-refractivity contribution is 5.88. The summed E-state index contributed by atoms with van der Waals surface area (Å²) in [6.07, 6.45) is 5.86. The SMILES string of the molecule is COCCNC(=O)C(C)NC(=NC1CCCCC1)NN. The number of methoxy groups -OCH3 is 1. The molecule has 7 nitrogen and oxygen atoms in total. The third-order valence-corrected chi connectivity index (χ3v) is 3.38. The largest absolute Gasteiger partial charge is 0.383 e. The molecule has 1 aliphatic rings. The van der Waals surface area contributed by atoms with Crippen LogP contribution in [0.1, 0.15) is 39.0 Å². The smallest absolute Gasteiger partial charge is 0.242 e. The predicted octanol–water partition coefficient (Wildman–Crippen LogP) is -0.121. The molecule has 5 N–H and O–H groups in total. The summed E-state index contributed by atoms with van der Waals surface area (Å²) in [6, 6.07) is -0.101. The molecule has 1 unspecified atom stereocenters. The van der Waals surface area contributed by atoms with Gasteiger partial charge in [0.2, 0.25) is 11.9 Å². The number of carbonyl (C=O) groups is 1. The van der Waals surface area contributed by atoms with Crippen LogP contribution < -0.4 is 21.9 Å². The summed E-state index contributed by atoms with van der Waals surface area (Å²) in [5.74, 6) is 5.84. The Balaban J connectivity index is 2.41. The van der Waals surface area contributed by atoms with Crippen molar-refractivity contribution in [2.24, 2.45) is 10.8 Å². The van der Waals surface area contributed by atoms with Gasteiger partial charge in [-0.05, 0) is 19.8 Å². The van der Waals surface area contributed by atoms with E-state index in [1.54, 1.807) is 14.0 Å². The molecule has 0 aromatic heterocycles. The van der Waals surface area contributed by atoms with Gasteiger partial charge in [-0.1, -0.05) is 19.3 Å². The number of carbonyl (C=O) groups excluding carboxylic acids is 1. The molecule has 7 heteroatoms. The molecule has 0 aromatic rings. The van der Waals surface area contributed by atoms with E-state index in [1.165, 1.54) is 19.3 Å². The number of hydrogen-bond acceptors (Lipinski definition) is 4. The van der Waals surface area contributed by atoms with Crippen LogP contribution >= 0.6 is 0 Å². The van der Waals surface area contributed by atoms with Crippen molar-refractivity contribution in [3.63, 3.8) is 0 Å². The number of aliphatic imine (C=N–C) groups is 1. The molecule has 0 aliphatic heterocycles. The Morgan fingerprint density at radius 2 is 2.10 bits per heavy atom. The highest BCUT2D eigenvalue weighted by atomic mass is 16.5. The number of guanidine groups is 1. The Hall–Kier alpha value is -1.34. The predicted molar refractivity (Wildman–Crippen MR) is 79.1 cm³/mol. The van der Waals surface area contributed by atoms with Crippen molar-refractivity contribution in [1.82, 2.24) is 16.1 Å². The van der Waals surface area contributed by atoms with Gasteiger partial charge in [0.15, 0.2) is 0 Å². The standard InChI is InChI=1S/C13H27N5O2/c1-10(12(19)15-8-9-20-2)16-13(18-14)17-11-6-4-3-5-7-11/h10-11H,3-9,14H2,1-2H3,(H,15,19)(H2,16,17,18). The fraction of sp³-hybridized carbons (Fsp3) is 0.846. The minimum absolute atomic E-state index is 0.103. The lowest BCUT2D eigenvalue weighted by atomic mass is 9.96. The molecule has 0 aromatic carbocycles. The van der Waals surface area contributed by atoms with Gasteiger partial charge in [0.1, 0.15) is 6.04 Å². The number of ether oxygens (including phenoxy) is 1. The van der Waals surface area contributed by atoms with E-state index in [-0.39, 0.29) is 5.91 Å². The van der Waals surface area contributed by atoms with Crippen LogP contribution in [0.4, 0.5) is 0 Å². The lowest BCUT2D eigenvalue weighted by Crippen LogP contribution is -2.51. The minimum Gasteiger partial charge on any atom is -0.383 e. The van der Waals surface area contributed by atoms with Crippen LogP contribution in [0.2, 0.25) is 0 Å². The summed E-state index contributed by atoms with van der Waals surface area (Å²) >= 11 is 0. The number of hydrogen-bond donors (Lipinski definition) is 4. The molecule has 20 heavy (non-hydrogen) atoms. The van der Waals surface area contributed by atoms with Gasteiger partial charge < -0.3 is 15.4 Å². The normalized spacial score (nSPS) is 18.4. The summed E-state index contributed by atoms with van der Waals surface area (Å²) in [7, 11) is 1.60. The Labute approximate surface area is 120 Å². The molecule has 1 fully saturated rings.